The highest BCUT2D eigenvalue weighted by molar-refractivity contribution is 9.10. The Balaban J connectivity index is 1.90. The van der Waals surface area contributed by atoms with Gasteiger partial charge in [-0.2, -0.15) is 4.99 Å². The molecule has 2 N–H and O–H groups in total. The molecule has 1 aromatic rings. The summed E-state index contributed by atoms with van der Waals surface area (Å²) in [6.45, 7) is 0.890. The average Bonchev–Trinajstić information content (AvgIpc) is 2.94. The van der Waals surface area contributed by atoms with Crippen LogP contribution in [0.5, 0.6) is 0 Å². The Bertz CT molecular complexity index is 594. The number of nitrogens with one attached hydrogen (secondary N) is 2. The predicted octanol–water partition coefficient (Wildman–Crippen LogP) is 1.34. The maximum absolute atomic E-state index is 12.3. The van der Waals surface area contributed by atoms with Gasteiger partial charge in [0.2, 0.25) is 5.91 Å². The second-order valence-corrected chi connectivity index (χ2v) is 5.78. The van der Waals surface area contributed by atoms with Crippen LogP contribution in [0, 0.1) is 0 Å². The number of benzene rings is 1. The van der Waals surface area contributed by atoms with Gasteiger partial charge in [0, 0.05) is 4.47 Å². The normalized spacial score (nSPS) is 26.4. The fourth-order valence-corrected chi connectivity index (χ4v) is 3.10. The molecule has 20 heavy (non-hydrogen) atoms. The van der Waals surface area contributed by atoms with E-state index in [0.29, 0.717) is 11.4 Å². The minimum Gasteiger partial charge on any atom is -0.312 e. The van der Waals surface area contributed by atoms with Crippen molar-refractivity contribution in [1.29, 1.82) is 0 Å². The Morgan fingerprint density at radius 3 is 2.70 bits per heavy atom. The molecule has 2 amide bonds. The molecule has 1 fully saturated rings. The van der Waals surface area contributed by atoms with E-state index in [-0.39, 0.29) is 11.9 Å². The first-order valence-electron chi connectivity index (χ1n) is 6.58. The molecule has 2 unspecified atom stereocenters. The van der Waals surface area contributed by atoms with Crippen LogP contribution in [0.2, 0.25) is 0 Å². The van der Waals surface area contributed by atoms with E-state index in [9.17, 15) is 9.59 Å². The summed E-state index contributed by atoms with van der Waals surface area (Å²) in [5, 5.41) is 6.00. The summed E-state index contributed by atoms with van der Waals surface area (Å²) in [7, 11) is 0. The fraction of sp³-hybridized carbons (Fsp3) is 0.357. The van der Waals surface area contributed by atoms with E-state index < -0.39 is 11.8 Å². The highest BCUT2D eigenvalue weighted by atomic mass is 79.9. The minimum absolute atomic E-state index is 0.0111. The number of carbonyl (C=O) groups is 2. The van der Waals surface area contributed by atoms with Gasteiger partial charge in [-0.3, -0.25) is 9.59 Å². The van der Waals surface area contributed by atoms with Crippen LogP contribution in [-0.2, 0) is 9.59 Å². The van der Waals surface area contributed by atoms with Crippen LogP contribution >= 0.6 is 15.9 Å². The van der Waals surface area contributed by atoms with Crippen LogP contribution < -0.4 is 10.6 Å². The minimum atomic E-state index is -0.865. The zero-order chi connectivity index (χ0) is 14.1. The van der Waals surface area contributed by atoms with Crippen molar-refractivity contribution in [2.75, 3.05) is 6.54 Å². The van der Waals surface area contributed by atoms with Crippen LogP contribution in [-0.4, -0.2) is 30.2 Å². The molecule has 2 atom stereocenters. The fourth-order valence-electron chi connectivity index (χ4n) is 2.59. The second-order valence-electron chi connectivity index (χ2n) is 4.93. The van der Waals surface area contributed by atoms with Crippen molar-refractivity contribution in [3.05, 3.63) is 34.3 Å². The summed E-state index contributed by atoms with van der Waals surface area (Å²) < 4.78 is 0.742. The van der Waals surface area contributed by atoms with Crippen molar-refractivity contribution in [2.24, 2.45) is 4.99 Å². The van der Waals surface area contributed by atoms with Gasteiger partial charge >= 0.3 is 0 Å². The van der Waals surface area contributed by atoms with Crippen molar-refractivity contribution < 1.29 is 9.59 Å². The maximum atomic E-state index is 12.3. The molecule has 2 aliphatic heterocycles. The van der Waals surface area contributed by atoms with Gasteiger partial charge in [0.05, 0.1) is 6.04 Å². The van der Waals surface area contributed by atoms with Gasteiger partial charge in [-0.1, -0.05) is 34.1 Å². The van der Waals surface area contributed by atoms with Crippen molar-refractivity contribution >= 4 is 33.6 Å². The molecule has 0 saturated carbocycles. The van der Waals surface area contributed by atoms with Gasteiger partial charge < -0.3 is 10.6 Å². The van der Waals surface area contributed by atoms with Gasteiger partial charge in [-0.05, 0) is 31.0 Å². The van der Waals surface area contributed by atoms with E-state index >= 15 is 0 Å². The number of amidine groups is 1. The van der Waals surface area contributed by atoms with Crippen molar-refractivity contribution in [3.63, 3.8) is 0 Å². The molecule has 2 heterocycles. The molecule has 0 radical (unpaired) electrons. The monoisotopic (exact) mass is 335 g/mol. The highest BCUT2D eigenvalue weighted by Crippen LogP contribution is 2.28. The lowest BCUT2D eigenvalue weighted by molar-refractivity contribution is -0.129. The Labute approximate surface area is 125 Å². The Hall–Kier alpha value is -1.53. The number of hydrogen-bond donors (Lipinski definition) is 2. The molecule has 0 aliphatic carbocycles. The number of rotatable bonds is 2. The zero-order valence-corrected chi connectivity index (χ0v) is 12.3. The van der Waals surface area contributed by atoms with E-state index in [0.717, 1.165) is 23.9 Å². The SMILES string of the molecule is O=C1N=C(C2CCCN2)NC(=O)C1c1ccccc1Br. The molecule has 1 saturated heterocycles. The van der Waals surface area contributed by atoms with Gasteiger partial charge in [0.25, 0.3) is 5.91 Å². The van der Waals surface area contributed by atoms with Crippen LogP contribution in [0.15, 0.2) is 33.7 Å². The maximum Gasteiger partial charge on any atom is 0.264 e. The first-order valence-corrected chi connectivity index (χ1v) is 7.37. The first-order chi connectivity index (χ1) is 9.66. The number of amides is 2. The number of carbonyl (C=O) groups excluding carboxylic acids is 2. The number of aliphatic imine (C=N–C) groups is 1. The average molecular weight is 336 g/mol. The molecule has 5 nitrogen and oxygen atoms in total. The summed E-state index contributed by atoms with van der Waals surface area (Å²) in [5.41, 5.74) is 0.650. The molecule has 104 valence electrons. The van der Waals surface area contributed by atoms with E-state index in [2.05, 4.69) is 31.6 Å². The largest absolute Gasteiger partial charge is 0.312 e. The second kappa shape index (κ2) is 5.46. The number of nitrogens with zero attached hydrogens (tertiary/aromatic N) is 1. The lowest BCUT2D eigenvalue weighted by Crippen LogP contribution is -2.50. The van der Waals surface area contributed by atoms with Crippen LogP contribution in [0.4, 0.5) is 0 Å². The standard InChI is InChI=1S/C14H14BrN3O2/c15-9-5-2-1-4-8(9)11-13(19)17-12(18-14(11)20)10-6-3-7-16-10/h1-2,4-5,10-11,16H,3,6-7H2,(H,17,18,19,20). The molecule has 0 spiro atoms. The smallest absolute Gasteiger partial charge is 0.264 e. The van der Waals surface area contributed by atoms with Gasteiger partial charge in [-0.25, -0.2) is 0 Å². The summed E-state index contributed by atoms with van der Waals surface area (Å²) in [4.78, 5) is 28.6. The van der Waals surface area contributed by atoms with E-state index in [4.69, 9.17) is 0 Å². The third kappa shape index (κ3) is 2.41. The predicted molar refractivity (Wildman–Crippen MR) is 78.5 cm³/mol. The number of hydrogen-bond acceptors (Lipinski definition) is 3. The van der Waals surface area contributed by atoms with E-state index in [1.807, 2.05) is 12.1 Å². The quantitative estimate of drug-likeness (QED) is 0.801. The molecule has 0 bridgehead atoms. The van der Waals surface area contributed by atoms with Crippen molar-refractivity contribution in [3.8, 4) is 0 Å². The summed E-state index contributed by atoms with van der Waals surface area (Å²) in [6, 6.07) is 7.21. The summed E-state index contributed by atoms with van der Waals surface area (Å²) in [5.74, 6) is -1.11. The Kier molecular flexibility index (Phi) is 3.67. The van der Waals surface area contributed by atoms with Crippen molar-refractivity contribution in [2.45, 2.75) is 24.8 Å². The Morgan fingerprint density at radius 2 is 2.05 bits per heavy atom. The lowest BCUT2D eigenvalue weighted by Gasteiger charge is -2.24. The summed E-state index contributed by atoms with van der Waals surface area (Å²) in [6.07, 6.45) is 1.92. The topological polar surface area (TPSA) is 70.6 Å². The molecular weight excluding hydrogens is 322 g/mol. The van der Waals surface area contributed by atoms with Gasteiger partial charge in [0.15, 0.2) is 0 Å². The molecule has 0 aromatic heterocycles. The third-order valence-corrected chi connectivity index (χ3v) is 4.32. The van der Waals surface area contributed by atoms with Gasteiger partial charge in [-0.15, -0.1) is 0 Å². The molecular formula is C14H14BrN3O2. The van der Waals surface area contributed by atoms with Crippen molar-refractivity contribution in [1.82, 2.24) is 10.6 Å². The molecule has 2 aliphatic rings. The first kappa shape index (κ1) is 13.5. The van der Waals surface area contributed by atoms with E-state index in [1.165, 1.54) is 0 Å². The van der Waals surface area contributed by atoms with E-state index in [1.54, 1.807) is 12.1 Å². The molecule has 1 aromatic carbocycles. The lowest BCUT2D eigenvalue weighted by atomic mass is 9.95. The van der Waals surface area contributed by atoms with Crippen LogP contribution in [0.3, 0.4) is 0 Å². The Morgan fingerprint density at radius 1 is 1.25 bits per heavy atom. The molecule has 3 rings (SSSR count). The van der Waals surface area contributed by atoms with Gasteiger partial charge in [0.1, 0.15) is 11.8 Å². The summed E-state index contributed by atoms with van der Waals surface area (Å²) >= 11 is 3.38. The van der Waals surface area contributed by atoms with Crippen LogP contribution in [0.25, 0.3) is 0 Å². The van der Waals surface area contributed by atoms with Crippen LogP contribution in [0.1, 0.15) is 24.3 Å². The highest BCUT2D eigenvalue weighted by Gasteiger charge is 2.36. The third-order valence-electron chi connectivity index (χ3n) is 3.60. The zero-order valence-electron chi connectivity index (χ0n) is 10.7. The molecule has 6 heteroatoms. The number of halogens is 1.